The average molecular weight is 293 g/mol. The third kappa shape index (κ3) is 5.38. The van der Waals surface area contributed by atoms with Crippen LogP contribution in [0, 0.1) is 6.92 Å². The Balaban J connectivity index is 1.69. The van der Waals surface area contributed by atoms with Gasteiger partial charge in [0, 0.05) is 25.4 Å². The molecule has 0 radical (unpaired) electrons. The minimum Gasteiger partial charge on any atom is -0.376 e. The molecule has 0 amide bonds. The van der Waals surface area contributed by atoms with Crippen LogP contribution in [0.15, 0.2) is 11.2 Å². The zero-order chi connectivity index (χ0) is 14.9. The van der Waals surface area contributed by atoms with E-state index in [2.05, 4.69) is 39.7 Å². The van der Waals surface area contributed by atoms with Crippen molar-refractivity contribution in [1.82, 2.24) is 20.8 Å². The number of aromatic nitrogens is 2. The van der Waals surface area contributed by atoms with Gasteiger partial charge in [0.15, 0.2) is 5.96 Å². The van der Waals surface area contributed by atoms with Crippen molar-refractivity contribution in [2.75, 3.05) is 26.2 Å². The zero-order valence-corrected chi connectivity index (χ0v) is 13.1. The van der Waals surface area contributed by atoms with Gasteiger partial charge in [0.05, 0.1) is 18.8 Å². The van der Waals surface area contributed by atoms with E-state index < -0.39 is 0 Å². The fourth-order valence-electron chi connectivity index (χ4n) is 2.44. The number of nitrogens with zero attached hydrogens (tertiary/aromatic N) is 2. The maximum Gasteiger partial charge on any atom is 0.191 e. The highest BCUT2D eigenvalue weighted by molar-refractivity contribution is 5.79. The van der Waals surface area contributed by atoms with Gasteiger partial charge in [0.1, 0.15) is 0 Å². The van der Waals surface area contributed by atoms with Crippen molar-refractivity contribution in [2.45, 2.75) is 45.6 Å². The lowest BCUT2D eigenvalue weighted by atomic mass is 10.1. The Labute approximate surface area is 126 Å². The van der Waals surface area contributed by atoms with E-state index in [9.17, 15) is 0 Å². The van der Waals surface area contributed by atoms with E-state index in [-0.39, 0.29) is 0 Å². The Hall–Kier alpha value is -1.56. The Morgan fingerprint density at radius 1 is 1.52 bits per heavy atom. The van der Waals surface area contributed by atoms with Crippen LogP contribution in [0.1, 0.15) is 37.4 Å². The molecular formula is C15H27N5O. The summed E-state index contributed by atoms with van der Waals surface area (Å²) in [5, 5.41) is 13.7. The minimum atomic E-state index is 0.300. The van der Waals surface area contributed by atoms with E-state index in [1.807, 2.05) is 6.20 Å². The molecule has 0 aliphatic carbocycles. The molecule has 1 aliphatic heterocycles. The maximum absolute atomic E-state index is 5.60. The molecule has 1 fully saturated rings. The smallest absolute Gasteiger partial charge is 0.191 e. The van der Waals surface area contributed by atoms with Crippen LogP contribution in [-0.2, 0) is 11.2 Å². The first-order chi connectivity index (χ1) is 10.3. The monoisotopic (exact) mass is 293 g/mol. The lowest BCUT2D eigenvalue weighted by Gasteiger charge is -2.12. The van der Waals surface area contributed by atoms with Crippen LogP contribution in [-0.4, -0.2) is 48.5 Å². The number of hydrogen-bond donors (Lipinski definition) is 3. The summed E-state index contributed by atoms with van der Waals surface area (Å²) in [5.74, 6) is 0.886. The summed E-state index contributed by atoms with van der Waals surface area (Å²) in [6, 6.07) is 0. The van der Waals surface area contributed by atoms with Gasteiger partial charge in [-0.05, 0) is 45.1 Å². The van der Waals surface area contributed by atoms with Crippen LogP contribution in [0.5, 0.6) is 0 Å². The topological polar surface area (TPSA) is 74.3 Å². The number of nitrogens with one attached hydrogen (secondary N) is 3. The van der Waals surface area contributed by atoms with Crippen molar-refractivity contribution in [2.24, 2.45) is 4.99 Å². The van der Waals surface area contributed by atoms with Gasteiger partial charge >= 0.3 is 0 Å². The molecule has 2 rings (SSSR count). The second-order valence-corrected chi connectivity index (χ2v) is 5.41. The highest BCUT2D eigenvalue weighted by Gasteiger charge is 2.14. The number of rotatable bonds is 7. The fourth-order valence-corrected chi connectivity index (χ4v) is 2.44. The Morgan fingerprint density at radius 2 is 2.43 bits per heavy atom. The molecule has 0 aromatic carbocycles. The molecule has 1 aliphatic rings. The molecule has 21 heavy (non-hydrogen) atoms. The second-order valence-electron chi connectivity index (χ2n) is 5.41. The third-order valence-corrected chi connectivity index (χ3v) is 3.67. The summed E-state index contributed by atoms with van der Waals surface area (Å²) in [6.45, 7) is 7.55. The predicted molar refractivity (Wildman–Crippen MR) is 84.6 cm³/mol. The van der Waals surface area contributed by atoms with Crippen molar-refractivity contribution in [3.05, 3.63) is 17.5 Å². The fraction of sp³-hybridized carbons (Fsp3) is 0.733. The van der Waals surface area contributed by atoms with Gasteiger partial charge < -0.3 is 15.4 Å². The first-order valence-electron chi connectivity index (χ1n) is 7.92. The van der Waals surface area contributed by atoms with Gasteiger partial charge in [-0.2, -0.15) is 5.10 Å². The Bertz CT molecular complexity index is 437. The maximum atomic E-state index is 5.60. The molecule has 6 heteroatoms. The summed E-state index contributed by atoms with van der Waals surface area (Å²) >= 11 is 0. The van der Waals surface area contributed by atoms with Crippen LogP contribution >= 0.6 is 0 Å². The van der Waals surface area contributed by atoms with Crippen LogP contribution in [0.3, 0.4) is 0 Å². The summed E-state index contributed by atoms with van der Waals surface area (Å²) in [6.07, 6.45) is 6.59. The van der Waals surface area contributed by atoms with Gasteiger partial charge in [-0.3, -0.25) is 10.1 Å². The molecule has 3 N–H and O–H groups in total. The number of ether oxygens (including phenoxy) is 1. The normalized spacial score (nSPS) is 19.0. The summed E-state index contributed by atoms with van der Waals surface area (Å²) in [4.78, 5) is 4.60. The molecule has 1 saturated heterocycles. The molecule has 1 atom stereocenters. The highest BCUT2D eigenvalue weighted by Crippen LogP contribution is 2.11. The van der Waals surface area contributed by atoms with Crippen molar-refractivity contribution in [3.63, 3.8) is 0 Å². The molecule has 118 valence electrons. The van der Waals surface area contributed by atoms with Crippen LogP contribution < -0.4 is 10.6 Å². The van der Waals surface area contributed by atoms with E-state index in [1.54, 1.807) is 0 Å². The summed E-state index contributed by atoms with van der Waals surface area (Å²) in [5.41, 5.74) is 2.45. The molecule has 0 saturated carbocycles. The largest absolute Gasteiger partial charge is 0.376 e. The van der Waals surface area contributed by atoms with Crippen molar-refractivity contribution in [1.29, 1.82) is 0 Å². The molecule has 1 aromatic heterocycles. The molecule has 1 unspecified atom stereocenters. The predicted octanol–water partition coefficient (Wildman–Crippen LogP) is 1.38. The number of aryl methyl sites for hydroxylation is 2. The number of hydrogen-bond acceptors (Lipinski definition) is 3. The van der Waals surface area contributed by atoms with Crippen LogP contribution in [0.25, 0.3) is 0 Å². The SMILES string of the molecule is CCNC(=NCC1CCCO1)NCCCc1cn[nH]c1C. The number of guanidine groups is 1. The van der Waals surface area contributed by atoms with E-state index in [4.69, 9.17) is 4.74 Å². The molecular weight excluding hydrogens is 266 g/mol. The van der Waals surface area contributed by atoms with Crippen molar-refractivity contribution >= 4 is 5.96 Å². The van der Waals surface area contributed by atoms with E-state index in [0.717, 1.165) is 63.6 Å². The first-order valence-corrected chi connectivity index (χ1v) is 7.92. The average Bonchev–Trinajstić information content (AvgIpc) is 3.13. The summed E-state index contributed by atoms with van der Waals surface area (Å²) in [7, 11) is 0. The van der Waals surface area contributed by atoms with Gasteiger partial charge in [-0.1, -0.05) is 0 Å². The van der Waals surface area contributed by atoms with Crippen molar-refractivity contribution < 1.29 is 4.74 Å². The highest BCUT2D eigenvalue weighted by atomic mass is 16.5. The lowest BCUT2D eigenvalue weighted by Crippen LogP contribution is -2.38. The lowest BCUT2D eigenvalue weighted by molar-refractivity contribution is 0.117. The second kappa shape index (κ2) is 8.67. The number of aromatic amines is 1. The molecule has 0 spiro atoms. The molecule has 6 nitrogen and oxygen atoms in total. The molecule has 2 heterocycles. The zero-order valence-electron chi connectivity index (χ0n) is 13.1. The third-order valence-electron chi connectivity index (χ3n) is 3.67. The van der Waals surface area contributed by atoms with Crippen LogP contribution in [0.4, 0.5) is 0 Å². The van der Waals surface area contributed by atoms with Gasteiger partial charge in [0.2, 0.25) is 0 Å². The Morgan fingerprint density at radius 3 is 3.10 bits per heavy atom. The van der Waals surface area contributed by atoms with Gasteiger partial charge in [0.25, 0.3) is 0 Å². The molecule has 0 bridgehead atoms. The van der Waals surface area contributed by atoms with Gasteiger partial charge in [-0.25, -0.2) is 0 Å². The van der Waals surface area contributed by atoms with E-state index >= 15 is 0 Å². The van der Waals surface area contributed by atoms with Crippen molar-refractivity contribution in [3.8, 4) is 0 Å². The molecule has 1 aromatic rings. The summed E-state index contributed by atoms with van der Waals surface area (Å²) < 4.78 is 5.60. The standard InChI is InChI=1S/C15H27N5O/c1-3-16-15(18-11-14-7-5-9-21-14)17-8-4-6-13-10-19-20-12(13)2/h10,14H,3-9,11H2,1-2H3,(H,19,20)(H2,16,17,18). The van der Waals surface area contributed by atoms with Gasteiger partial charge in [-0.15, -0.1) is 0 Å². The van der Waals surface area contributed by atoms with Crippen LogP contribution in [0.2, 0.25) is 0 Å². The first kappa shape index (κ1) is 15.8. The quantitative estimate of drug-likeness (QED) is 0.403. The minimum absolute atomic E-state index is 0.300. The Kier molecular flexibility index (Phi) is 6.53. The van der Waals surface area contributed by atoms with E-state index in [0.29, 0.717) is 6.10 Å². The van der Waals surface area contributed by atoms with E-state index in [1.165, 1.54) is 5.56 Å². The number of aliphatic imine (C=N–C) groups is 1. The number of H-pyrrole nitrogens is 1.